The first-order valence-electron chi connectivity index (χ1n) is 8.13. The number of ether oxygens (including phenoxy) is 1. The topological polar surface area (TPSA) is 75.6 Å². The Morgan fingerprint density at radius 2 is 1.83 bits per heavy atom. The van der Waals surface area contributed by atoms with Gasteiger partial charge in [0.1, 0.15) is 12.1 Å². The van der Waals surface area contributed by atoms with E-state index in [9.17, 15) is 14.7 Å². The van der Waals surface area contributed by atoms with E-state index < -0.39 is 24.0 Å². The van der Waals surface area contributed by atoms with Crippen LogP contribution in [0.2, 0.25) is 0 Å². The number of aliphatic carboxylic acids is 1. The smallest absolute Gasteiger partial charge is 0.323 e. The van der Waals surface area contributed by atoms with Gasteiger partial charge in [0.2, 0.25) is 0 Å². The molecule has 1 aromatic carbocycles. The fourth-order valence-corrected chi connectivity index (χ4v) is 2.42. The molecule has 0 aliphatic rings. The summed E-state index contributed by atoms with van der Waals surface area (Å²) >= 11 is 0. The minimum absolute atomic E-state index is 0.223. The van der Waals surface area contributed by atoms with Gasteiger partial charge in [-0.1, -0.05) is 44.2 Å². The summed E-state index contributed by atoms with van der Waals surface area (Å²) in [4.78, 5) is 23.5. The van der Waals surface area contributed by atoms with Gasteiger partial charge >= 0.3 is 11.9 Å². The molecule has 0 bridgehead atoms. The fourth-order valence-electron chi connectivity index (χ4n) is 2.42. The molecule has 1 aromatic rings. The molecule has 0 radical (unpaired) electrons. The SMILES string of the molecule is CCOC(=O)C(CCc1ccccc1)NC(CC(C)C)C(=O)O. The average Bonchev–Trinajstić information content (AvgIpc) is 2.50. The second-order valence-electron chi connectivity index (χ2n) is 6.02. The molecule has 5 heteroatoms. The van der Waals surface area contributed by atoms with Crippen molar-refractivity contribution in [3.05, 3.63) is 35.9 Å². The van der Waals surface area contributed by atoms with Gasteiger partial charge in [0.25, 0.3) is 0 Å². The van der Waals surface area contributed by atoms with Crippen molar-refractivity contribution in [3.8, 4) is 0 Å². The molecule has 23 heavy (non-hydrogen) atoms. The predicted molar refractivity (Wildman–Crippen MR) is 89.2 cm³/mol. The summed E-state index contributed by atoms with van der Waals surface area (Å²) in [7, 11) is 0. The van der Waals surface area contributed by atoms with Crippen molar-refractivity contribution in [2.75, 3.05) is 6.61 Å². The van der Waals surface area contributed by atoms with Gasteiger partial charge in [-0.15, -0.1) is 0 Å². The van der Waals surface area contributed by atoms with Crippen LogP contribution in [-0.2, 0) is 20.7 Å². The Labute approximate surface area is 138 Å². The molecular formula is C18H27NO4. The third-order valence-electron chi connectivity index (χ3n) is 3.54. The quantitative estimate of drug-likeness (QED) is 0.648. The van der Waals surface area contributed by atoms with Crippen LogP contribution in [0.1, 0.15) is 39.2 Å². The summed E-state index contributed by atoms with van der Waals surface area (Å²) in [5, 5.41) is 12.3. The maximum Gasteiger partial charge on any atom is 0.323 e. The Morgan fingerprint density at radius 1 is 1.17 bits per heavy atom. The third-order valence-corrected chi connectivity index (χ3v) is 3.54. The summed E-state index contributed by atoms with van der Waals surface area (Å²) in [6.45, 7) is 5.95. The Balaban J connectivity index is 2.74. The first kappa shape index (κ1) is 19.2. The van der Waals surface area contributed by atoms with E-state index in [-0.39, 0.29) is 12.5 Å². The number of hydrogen-bond donors (Lipinski definition) is 2. The summed E-state index contributed by atoms with van der Waals surface area (Å²) < 4.78 is 5.08. The minimum atomic E-state index is -0.937. The minimum Gasteiger partial charge on any atom is -0.480 e. The number of benzene rings is 1. The zero-order valence-electron chi connectivity index (χ0n) is 14.1. The van der Waals surface area contributed by atoms with Crippen LogP contribution >= 0.6 is 0 Å². The number of esters is 1. The van der Waals surface area contributed by atoms with Crippen molar-refractivity contribution >= 4 is 11.9 Å². The Kier molecular flexibility index (Phi) is 8.33. The van der Waals surface area contributed by atoms with Crippen molar-refractivity contribution in [1.82, 2.24) is 5.32 Å². The van der Waals surface area contributed by atoms with Crippen molar-refractivity contribution in [1.29, 1.82) is 0 Å². The lowest BCUT2D eigenvalue weighted by Gasteiger charge is -2.23. The highest BCUT2D eigenvalue weighted by atomic mass is 16.5. The lowest BCUT2D eigenvalue weighted by atomic mass is 10.0. The number of nitrogens with one attached hydrogen (secondary N) is 1. The Morgan fingerprint density at radius 3 is 2.35 bits per heavy atom. The van der Waals surface area contributed by atoms with Gasteiger partial charge in [0, 0.05) is 0 Å². The Hall–Kier alpha value is -1.88. The normalized spacial score (nSPS) is 13.6. The number of carboxylic acid groups (broad SMARTS) is 1. The molecule has 2 N–H and O–H groups in total. The van der Waals surface area contributed by atoms with E-state index in [4.69, 9.17) is 4.74 Å². The fraction of sp³-hybridized carbons (Fsp3) is 0.556. The predicted octanol–water partition coefficient (Wildman–Crippen LogP) is 2.64. The summed E-state index contributed by atoms with van der Waals surface area (Å²) in [5.41, 5.74) is 1.11. The summed E-state index contributed by atoms with van der Waals surface area (Å²) in [6.07, 6.45) is 1.66. The van der Waals surface area contributed by atoms with Crippen LogP contribution < -0.4 is 5.32 Å². The van der Waals surface area contributed by atoms with E-state index in [2.05, 4.69) is 5.32 Å². The maximum atomic E-state index is 12.1. The lowest BCUT2D eigenvalue weighted by Crippen LogP contribution is -2.48. The number of carbonyl (C=O) groups is 2. The molecule has 2 atom stereocenters. The van der Waals surface area contributed by atoms with E-state index >= 15 is 0 Å². The molecule has 0 amide bonds. The first-order valence-corrected chi connectivity index (χ1v) is 8.13. The summed E-state index contributed by atoms with van der Waals surface area (Å²) in [6, 6.07) is 8.45. The van der Waals surface area contributed by atoms with Crippen LogP contribution in [0.3, 0.4) is 0 Å². The van der Waals surface area contributed by atoms with Crippen LogP contribution in [-0.4, -0.2) is 35.7 Å². The number of hydrogen-bond acceptors (Lipinski definition) is 4. The zero-order valence-corrected chi connectivity index (χ0v) is 14.1. The van der Waals surface area contributed by atoms with Gasteiger partial charge in [-0.25, -0.2) is 0 Å². The van der Waals surface area contributed by atoms with Crippen molar-refractivity contribution in [2.24, 2.45) is 5.92 Å². The van der Waals surface area contributed by atoms with Gasteiger partial charge in [-0.05, 0) is 37.7 Å². The maximum absolute atomic E-state index is 12.1. The molecule has 0 aliphatic carbocycles. The largest absolute Gasteiger partial charge is 0.480 e. The summed E-state index contributed by atoms with van der Waals surface area (Å²) in [5.74, 6) is -1.10. The lowest BCUT2D eigenvalue weighted by molar-refractivity contribution is -0.147. The van der Waals surface area contributed by atoms with Crippen LogP contribution in [0.15, 0.2) is 30.3 Å². The molecule has 2 unspecified atom stereocenters. The second kappa shape index (κ2) is 10.0. The zero-order chi connectivity index (χ0) is 17.2. The van der Waals surface area contributed by atoms with Crippen molar-refractivity contribution in [2.45, 2.75) is 52.1 Å². The number of carboxylic acids is 1. The number of rotatable bonds is 10. The molecule has 0 aliphatic heterocycles. The highest BCUT2D eigenvalue weighted by molar-refractivity contribution is 5.78. The molecule has 0 heterocycles. The van der Waals surface area contributed by atoms with E-state index in [1.807, 2.05) is 44.2 Å². The van der Waals surface area contributed by atoms with Crippen LogP contribution in [0.5, 0.6) is 0 Å². The van der Waals surface area contributed by atoms with Crippen molar-refractivity contribution < 1.29 is 19.4 Å². The van der Waals surface area contributed by atoms with Gasteiger partial charge in [0.15, 0.2) is 0 Å². The van der Waals surface area contributed by atoms with Gasteiger partial charge in [-0.2, -0.15) is 0 Å². The molecule has 0 fully saturated rings. The molecule has 0 saturated carbocycles. The number of aryl methyl sites for hydroxylation is 1. The third kappa shape index (κ3) is 7.28. The highest BCUT2D eigenvalue weighted by Gasteiger charge is 2.27. The molecule has 0 aromatic heterocycles. The van der Waals surface area contributed by atoms with Gasteiger partial charge in [-0.3, -0.25) is 14.9 Å². The average molecular weight is 321 g/mol. The molecular weight excluding hydrogens is 294 g/mol. The van der Waals surface area contributed by atoms with E-state index in [1.165, 1.54) is 0 Å². The first-order chi connectivity index (χ1) is 10.9. The molecule has 5 nitrogen and oxygen atoms in total. The molecule has 128 valence electrons. The van der Waals surface area contributed by atoms with Gasteiger partial charge < -0.3 is 9.84 Å². The monoisotopic (exact) mass is 321 g/mol. The number of carbonyl (C=O) groups excluding carboxylic acids is 1. The molecule has 0 spiro atoms. The Bertz CT molecular complexity index is 487. The second-order valence-corrected chi connectivity index (χ2v) is 6.02. The van der Waals surface area contributed by atoms with Crippen LogP contribution in [0, 0.1) is 5.92 Å². The standard InChI is InChI=1S/C18H27NO4/c1-4-23-18(22)15(11-10-14-8-6-5-7-9-14)19-16(17(20)21)12-13(2)3/h5-9,13,15-16,19H,4,10-12H2,1-3H3,(H,20,21). The molecule has 1 rings (SSSR count). The van der Waals surface area contributed by atoms with Gasteiger partial charge in [0.05, 0.1) is 6.61 Å². The van der Waals surface area contributed by atoms with Crippen molar-refractivity contribution in [3.63, 3.8) is 0 Å². The molecule has 0 saturated heterocycles. The van der Waals surface area contributed by atoms with E-state index in [1.54, 1.807) is 6.92 Å². The highest BCUT2D eigenvalue weighted by Crippen LogP contribution is 2.11. The van der Waals surface area contributed by atoms with Crippen LogP contribution in [0.4, 0.5) is 0 Å². The van der Waals surface area contributed by atoms with E-state index in [0.717, 1.165) is 5.56 Å². The van der Waals surface area contributed by atoms with Crippen LogP contribution in [0.25, 0.3) is 0 Å². The van der Waals surface area contributed by atoms with E-state index in [0.29, 0.717) is 19.3 Å².